The zero-order valence-electron chi connectivity index (χ0n) is 17.4. The maximum absolute atomic E-state index is 12.2. The van der Waals surface area contributed by atoms with E-state index in [1.165, 1.54) is 24.7 Å². The summed E-state index contributed by atoms with van der Waals surface area (Å²) in [6.45, 7) is 0.103. The molecule has 1 amide bonds. The number of rotatable bonds is 9. The van der Waals surface area contributed by atoms with Crippen molar-refractivity contribution in [3.8, 4) is 0 Å². The summed E-state index contributed by atoms with van der Waals surface area (Å²) in [5.41, 5.74) is 5.35. The highest BCUT2D eigenvalue weighted by Gasteiger charge is 2.37. The summed E-state index contributed by atoms with van der Waals surface area (Å²) < 4.78 is 25.0. The number of aliphatic hydroxyl groups excluding tert-OH is 1. The number of carbonyl (C=O) groups is 1. The molecule has 1 saturated heterocycles. The van der Waals surface area contributed by atoms with Gasteiger partial charge < -0.3 is 25.9 Å². The van der Waals surface area contributed by atoms with Crippen molar-refractivity contribution in [2.45, 2.75) is 37.3 Å². The third kappa shape index (κ3) is 5.82. The van der Waals surface area contributed by atoms with Gasteiger partial charge in [-0.2, -0.15) is 0 Å². The van der Waals surface area contributed by atoms with E-state index in [4.69, 9.17) is 11.7 Å². The van der Waals surface area contributed by atoms with Crippen molar-refractivity contribution in [3.05, 3.63) is 56.9 Å². The van der Waals surface area contributed by atoms with Crippen LogP contribution in [0.15, 0.2) is 34.4 Å². The van der Waals surface area contributed by atoms with Crippen LogP contribution in [0.3, 0.4) is 0 Å². The van der Waals surface area contributed by atoms with E-state index in [9.17, 15) is 24.1 Å². The van der Waals surface area contributed by atoms with Crippen LogP contribution in [0.2, 0.25) is 0 Å². The van der Waals surface area contributed by atoms with Gasteiger partial charge in [-0.15, -0.1) is 0 Å². The second-order valence-electron chi connectivity index (χ2n) is 7.03. The minimum absolute atomic E-state index is 0.0488. The standard InChI is InChI=1S/C18H23N6O6P/c19-12(4-11-6-20-9-22-11)17(27)21-3-1-2-10-7-24(18(28)23-16(10)26)15-5-13(25)14(30-15)8-31-29/h1-2,6-7,9,12-15,25H,3-5,8,19H2,(H,20,22)(H,21,27)(H,23,26,28)/p+1/b2-1+/i/hT. The molecule has 0 spiro atoms. The third-order valence-electron chi connectivity index (χ3n) is 4.79. The van der Waals surface area contributed by atoms with Gasteiger partial charge in [-0.25, -0.2) is 9.78 Å². The maximum atomic E-state index is 12.2. The number of aromatic amines is 2. The maximum Gasteiger partial charge on any atom is 0.388 e. The van der Waals surface area contributed by atoms with Crippen LogP contribution in [0.4, 0.5) is 0 Å². The van der Waals surface area contributed by atoms with Gasteiger partial charge in [0.15, 0.2) is 6.16 Å². The number of amides is 1. The second-order valence-corrected chi connectivity index (χ2v) is 7.65. The number of ether oxygens (including phenoxy) is 1. The average Bonchev–Trinajstić information content (AvgIpc) is 3.36. The highest BCUT2D eigenvalue weighted by Crippen LogP contribution is 2.29. The van der Waals surface area contributed by atoms with Crippen LogP contribution in [0.25, 0.3) is 6.08 Å². The molecule has 1 aliphatic rings. The van der Waals surface area contributed by atoms with Gasteiger partial charge in [-0.1, -0.05) is 16.7 Å². The molecule has 0 aromatic carbocycles. The zero-order chi connectivity index (χ0) is 23.3. The third-order valence-corrected chi connectivity index (χ3v) is 5.30. The monoisotopic (exact) mass is 453 g/mol. The Morgan fingerprint density at radius 1 is 1.58 bits per heavy atom. The fourth-order valence-corrected chi connectivity index (χ4v) is 3.64. The predicted molar refractivity (Wildman–Crippen MR) is 112 cm³/mol. The van der Waals surface area contributed by atoms with E-state index in [0.717, 1.165) is 10.3 Å². The average molecular weight is 453 g/mol. The first-order chi connectivity index (χ1) is 15.2. The van der Waals surface area contributed by atoms with Crippen molar-refractivity contribution < 1.29 is 19.2 Å². The minimum atomic E-state index is -2.27. The van der Waals surface area contributed by atoms with Crippen molar-refractivity contribution >= 4 is 20.4 Å². The summed E-state index contributed by atoms with van der Waals surface area (Å²) in [7, 11) is -2.27. The molecule has 2 aromatic heterocycles. The first kappa shape index (κ1) is 21.3. The lowest BCUT2D eigenvalue weighted by Gasteiger charge is -2.14. The van der Waals surface area contributed by atoms with Crippen molar-refractivity contribution in [2.24, 2.45) is 5.73 Å². The van der Waals surface area contributed by atoms with Crippen LogP contribution in [0.5, 0.6) is 0 Å². The minimum Gasteiger partial charge on any atom is -0.390 e. The number of nitrogens with one attached hydrogen (secondary N) is 3. The van der Waals surface area contributed by atoms with Crippen LogP contribution in [0, 0.1) is 0 Å². The number of hydrogen-bond donors (Lipinski definition) is 5. The van der Waals surface area contributed by atoms with Gasteiger partial charge in [-0.3, -0.25) is 19.1 Å². The molecule has 5 atom stereocenters. The molecule has 0 aliphatic carbocycles. The van der Waals surface area contributed by atoms with Crippen molar-refractivity contribution in [1.29, 1.82) is 1.28 Å². The second kappa shape index (κ2) is 10.4. The molecule has 3 rings (SSSR count). The van der Waals surface area contributed by atoms with E-state index in [0.29, 0.717) is 6.42 Å². The molecule has 0 radical (unpaired) electrons. The fraction of sp³-hybridized carbons (Fsp3) is 0.444. The number of H-pyrrole nitrogens is 2. The number of hydrogen-bond acceptors (Lipinski definition) is 8. The molecular weight excluding hydrogens is 427 g/mol. The van der Waals surface area contributed by atoms with Gasteiger partial charge in [-0.05, 0) is 0 Å². The van der Waals surface area contributed by atoms with Gasteiger partial charge in [0.1, 0.15) is 12.3 Å². The summed E-state index contributed by atoms with van der Waals surface area (Å²) >= 11 is 0. The van der Waals surface area contributed by atoms with E-state index in [-0.39, 0.29) is 30.6 Å². The molecular formula is C18H24N6O6P+. The van der Waals surface area contributed by atoms with Crippen LogP contribution in [0.1, 0.15) is 23.9 Å². The molecule has 1 fully saturated rings. The normalized spacial score (nSPS) is 23.0. The van der Waals surface area contributed by atoms with Crippen LogP contribution in [-0.2, 0) is 20.5 Å². The van der Waals surface area contributed by atoms with Gasteiger partial charge in [0, 0.05) is 37.5 Å². The van der Waals surface area contributed by atoms with E-state index in [1.54, 1.807) is 6.20 Å². The van der Waals surface area contributed by atoms with E-state index in [1.807, 2.05) is 0 Å². The number of imidazole rings is 1. The number of aliphatic hydroxyl groups is 1. The zero-order valence-corrected chi connectivity index (χ0v) is 17.3. The molecule has 13 heteroatoms. The summed E-state index contributed by atoms with van der Waals surface area (Å²) in [5.74, 6) is -0.379. The number of nitrogens with two attached hydrogens (primary N) is 1. The SMILES string of the molecule is [3H][P+](=O)CC1OC(n2cc(/C=C/CNC(=O)C(N)Cc3cnc[nH]3)c(=O)[nH]c2=O)CC1O. The molecule has 0 bridgehead atoms. The van der Waals surface area contributed by atoms with E-state index in [2.05, 4.69) is 20.3 Å². The Kier molecular flexibility index (Phi) is 7.15. The molecule has 3 heterocycles. The lowest BCUT2D eigenvalue weighted by molar-refractivity contribution is -0.122. The first-order valence-corrected chi connectivity index (χ1v) is 10.5. The fourth-order valence-electron chi connectivity index (χ4n) is 3.16. The van der Waals surface area contributed by atoms with Crippen LogP contribution < -0.4 is 22.3 Å². The summed E-state index contributed by atoms with van der Waals surface area (Å²) in [4.78, 5) is 45.3. The molecule has 5 unspecified atom stereocenters. The number of aromatic nitrogens is 4. The Labute approximate surface area is 179 Å². The predicted octanol–water partition coefficient (Wildman–Crippen LogP) is -1.37. The molecule has 6 N–H and O–H groups in total. The smallest absolute Gasteiger partial charge is 0.388 e. The Bertz CT molecular complexity index is 1100. The van der Waals surface area contributed by atoms with Crippen molar-refractivity contribution in [2.75, 3.05) is 12.7 Å². The van der Waals surface area contributed by atoms with Gasteiger partial charge >= 0.3 is 15.4 Å². The quantitative estimate of drug-likeness (QED) is 0.288. The Balaban J connectivity index is 1.61. The largest absolute Gasteiger partial charge is 0.390 e. The van der Waals surface area contributed by atoms with Crippen LogP contribution in [-0.4, -0.2) is 62.8 Å². The van der Waals surface area contributed by atoms with E-state index < -0.39 is 44.1 Å². The summed E-state index contributed by atoms with van der Waals surface area (Å²) in [6.07, 6.45) is 4.81. The Morgan fingerprint density at radius 2 is 2.39 bits per heavy atom. The lowest BCUT2D eigenvalue weighted by Crippen LogP contribution is -2.42. The first-order valence-electron chi connectivity index (χ1n) is 9.99. The van der Waals surface area contributed by atoms with Crippen molar-refractivity contribution in [1.82, 2.24) is 24.8 Å². The molecule has 0 saturated carbocycles. The molecule has 2 aromatic rings. The Morgan fingerprint density at radius 3 is 3.10 bits per heavy atom. The highest BCUT2D eigenvalue weighted by molar-refractivity contribution is 7.23. The lowest BCUT2D eigenvalue weighted by atomic mass is 10.1. The summed E-state index contributed by atoms with van der Waals surface area (Å²) in [6, 6.07) is -0.771. The van der Waals surface area contributed by atoms with Crippen LogP contribution >= 0.6 is 8.41 Å². The molecule has 12 nitrogen and oxygen atoms in total. The highest BCUT2D eigenvalue weighted by atomic mass is 31.1. The van der Waals surface area contributed by atoms with Gasteiger partial charge in [0.05, 0.1) is 24.0 Å². The number of nitrogens with zero attached hydrogens (tertiary/aromatic N) is 2. The molecule has 1 aliphatic heterocycles. The molecule has 166 valence electrons. The topological polar surface area (TPSA) is 185 Å². The Hall–Kier alpha value is -2.92. The summed E-state index contributed by atoms with van der Waals surface area (Å²) in [5, 5.41) is 12.7. The van der Waals surface area contributed by atoms with Crippen molar-refractivity contribution in [3.63, 3.8) is 0 Å². The van der Waals surface area contributed by atoms with Gasteiger partial charge in [0.25, 0.3) is 5.56 Å². The molecule has 31 heavy (non-hydrogen) atoms. The van der Waals surface area contributed by atoms with Gasteiger partial charge in [0.2, 0.25) is 5.91 Å². The number of carbonyl (C=O) groups excluding carboxylic acids is 1. The van der Waals surface area contributed by atoms with E-state index >= 15 is 0 Å².